The monoisotopic (exact) mass is 324 g/mol. The third-order valence-corrected chi connectivity index (χ3v) is 3.45. The predicted octanol–water partition coefficient (Wildman–Crippen LogP) is 3.53. The first-order valence-corrected chi connectivity index (χ1v) is 6.84. The van der Waals surface area contributed by atoms with Crippen LogP contribution in [-0.2, 0) is 0 Å². The zero-order valence-corrected chi connectivity index (χ0v) is 12.1. The minimum Gasteiger partial charge on any atom is -0.396 e. The first-order valence-electron chi connectivity index (χ1n) is 6.05. The number of benzene rings is 1. The van der Waals surface area contributed by atoms with Crippen LogP contribution in [0, 0.1) is 5.82 Å². The Bertz CT molecular complexity index is 573. The summed E-state index contributed by atoms with van der Waals surface area (Å²) in [6.07, 6.45) is 2.33. The van der Waals surface area contributed by atoms with Gasteiger partial charge in [-0.1, -0.05) is 22.9 Å². The van der Waals surface area contributed by atoms with Crippen molar-refractivity contribution in [1.29, 1.82) is 0 Å². The molecule has 2 aromatic rings. The van der Waals surface area contributed by atoms with Gasteiger partial charge in [0.1, 0.15) is 11.6 Å². The number of aliphatic hydroxyl groups is 1. The number of aromatic nitrogens is 2. The van der Waals surface area contributed by atoms with E-state index in [-0.39, 0.29) is 18.3 Å². The van der Waals surface area contributed by atoms with E-state index in [2.05, 4.69) is 25.9 Å². The van der Waals surface area contributed by atoms with Crippen molar-refractivity contribution >= 4 is 15.9 Å². The summed E-state index contributed by atoms with van der Waals surface area (Å²) in [5, 5.41) is 9.28. The summed E-state index contributed by atoms with van der Waals surface area (Å²) in [6, 6.07) is 6.38. The average molecular weight is 325 g/mol. The molecule has 3 nitrogen and oxygen atoms in total. The second kappa shape index (κ2) is 6.21. The smallest absolute Gasteiger partial charge is 0.134 e. The largest absolute Gasteiger partial charge is 0.396 e. The van der Waals surface area contributed by atoms with Crippen LogP contribution in [0.2, 0.25) is 0 Å². The number of hydrogen-bond donors (Lipinski definition) is 1. The highest BCUT2D eigenvalue weighted by Gasteiger charge is 2.14. The normalized spacial score (nSPS) is 12.4. The van der Waals surface area contributed by atoms with Gasteiger partial charge in [-0.25, -0.2) is 14.4 Å². The van der Waals surface area contributed by atoms with Crippen LogP contribution in [0.5, 0.6) is 0 Å². The van der Waals surface area contributed by atoms with Crippen LogP contribution in [0.4, 0.5) is 4.39 Å². The Labute approximate surface area is 119 Å². The molecule has 1 aromatic carbocycles. The van der Waals surface area contributed by atoms with E-state index in [4.69, 9.17) is 0 Å². The Kier molecular flexibility index (Phi) is 4.61. The summed E-state index contributed by atoms with van der Waals surface area (Å²) in [7, 11) is 0. The first kappa shape index (κ1) is 14.1. The van der Waals surface area contributed by atoms with Crippen LogP contribution in [0.3, 0.4) is 0 Å². The SMILES string of the molecule is CCC(CO)c1nccc(-c2cc(Br)ccc2F)n1. The van der Waals surface area contributed by atoms with Crippen molar-refractivity contribution in [3.63, 3.8) is 0 Å². The van der Waals surface area contributed by atoms with Gasteiger partial charge in [-0.3, -0.25) is 0 Å². The maximum atomic E-state index is 13.8. The van der Waals surface area contributed by atoms with Gasteiger partial charge in [0.25, 0.3) is 0 Å². The van der Waals surface area contributed by atoms with Crippen LogP contribution < -0.4 is 0 Å². The maximum Gasteiger partial charge on any atom is 0.134 e. The molecule has 0 aliphatic carbocycles. The number of hydrogen-bond acceptors (Lipinski definition) is 3. The predicted molar refractivity (Wildman–Crippen MR) is 75.2 cm³/mol. The molecule has 0 saturated carbocycles. The average Bonchev–Trinajstić information content (AvgIpc) is 2.43. The molecule has 1 unspecified atom stereocenters. The molecule has 19 heavy (non-hydrogen) atoms. The molecule has 5 heteroatoms. The Morgan fingerprint density at radius 3 is 2.84 bits per heavy atom. The van der Waals surface area contributed by atoms with Gasteiger partial charge in [0.15, 0.2) is 0 Å². The van der Waals surface area contributed by atoms with Crippen molar-refractivity contribution < 1.29 is 9.50 Å². The van der Waals surface area contributed by atoms with Gasteiger partial charge < -0.3 is 5.11 Å². The first-order chi connectivity index (χ1) is 9.15. The second-order valence-corrected chi connectivity index (χ2v) is 5.13. The summed E-state index contributed by atoms with van der Waals surface area (Å²) in [5.74, 6) is 0.0990. The third kappa shape index (κ3) is 3.16. The Morgan fingerprint density at radius 2 is 2.16 bits per heavy atom. The molecule has 1 aromatic heterocycles. The molecule has 1 N–H and O–H groups in total. The Morgan fingerprint density at radius 1 is 1.37 bits per heavy atom. The van der Waals surface area contributed by atoms with Crippen LogP contribution in [0.25, 0.3) is 11.3 Å². The molecule has 0 fully saturated rings. The lowest BCUT2D eigenvalue weighted by molar-refractivity contribution is 0.257. The molecule has 0 spiro atoms. The Balaban J connectivity index is 2.45. The topological polar surface area (TPSA) is 46.0 Å². The lowest BCUT2D eigenvalue weighted by atomic mass is 10.1. The molecule has 2 rings (SSSR count). The fourth-order valence-electron chi connectivity index (χ4n) is 1.81. The van der Waals surface area contributed by atoms with Gasteiger partial charge in [0.2, 0.25) is 0 Å². The Hall–Kier alpha value is -1.33. The standard InChI is InChI=1S/C14H14BrFN2O/c1-2-9(8-19)14-17-6-5-13(18-14)11-7-10(15)3-4-12(11)16/h3-7,9,19H,2,8H2,1H3. The minimum absolute atomic E-state index is 0.0130. The van der Waals surface area contributed by atoms with Gasteiger partial charge in [-0.15, -0.1) is 0 Å². The fraction of sp³-hybridized carbons (Fsp3) is 0.286. The van der Waals surface area contributed by atoms with E-state index in [0.717, 1.165) is 10.9 Å². The number of aliphatic hydroxyl groups excluding tert-OH is 1. The molecular weight excluding hydrogens is 311 g/mol. The van der Waals surface area contributed by atoms with E-state index in [1.54, 1.807) is 24.4 Å². The number of halogens is 2. The third-order valence-electron chi connectivity index (χ3n) is 2.96. The van der Waals surface area contributed by atoms with Gasteiger partial charge in [-0.2, -0.15) is 0 Å². The van der Waals surface area contributed by atoms with Crippen LogP contribution in [0.15, 0.2) is 34.9 Å². The molecule has 0 aliphatic rings. The highest BCUT2D eigenvalue weighted by Crippen LogP contribution is 2.26. The quantitative estimate of drug-likeness (QED) is 0.935. The molecule has 1 heterocycles. The van der Waals surface area contributed by atoms with E-state index >= 15 is 0 Å². The van der Waals surface area contributed by atoms with Crippen LogP contribution in [-0.4, -0.2) is 21.7 Å². The van der Waals surface area contributed by atoms with E-state index in [0.29, 0.717) is 17.1 Å². The molecule has 0 saturated heterocycles. The highest BCUT2D eigenvalue weighted by molar-refractivity contribution is 9.10. The summed E-state index contributed by atoms with van der Waals surface area (Å²) >= 11 is 3.32. The van der Waals surface area contributed by atoms with Gasteiger partial charge in [-0.05, 0) is 30.7 Å². The highest BCUT2D eigenvalue weighted by atomic mass is 79.9. The van der Waals surface area contributed by atoms with E-state index in [1.807, 2.05) is 6.92 Å². The zero-order chi connectivity index (χ0) is 13.8. The molecular formula is C14H14BrFN2O. The molecule has 0 amide bonds. The van der Waals surface area contributed by atoms with Crippen LogP contribution >= 0.6 is 15.9 Å². The molecule has 100 valence electrons. The van der Waals surface area contributed by atoms with Crippen molar-refractivity contribution in [2.45, 2.75) is 19.3 Å². The number of rotatable bonds is 4. The van der Waals surface area contributed by atoms with Crippen molar-refractivity contribution in [1.82, 2.24) is 9.97 Å². The van der Waals surface area contributed by atoms with E-state index in [9.17, 15) is 9.50 Å². The fourth-order valence-corrected chi connectivity index (χ4v) is 2.17. The van der Waals surface area contributed by atoms with Crippen molar-refractivity contribution in [3.8, 4) is 11.3 Å². The van der Waals surface area contributed by atoms with Gasteiger partial charge >= 0.3 is 0 Å². The lowest BCUT2D eigenvalue weighted by Gasteiger charge is -2.11. The summed E-state index contributed by atoms with van der Waals surface area (Å²) < 4.78 is 14.6. The van der Waals surface area contributed by atoms with E-state index < -0.39 is 0 Å². The number of nitrogens with zero attached hydrogens (tertiary/aromatic N) is 2. The van der Waals surface area contributed by atoms with Gasteiger partial charge in [0.05, 0.1) is 12.3 Å². The maximum absolute atomic E-state index is 13.8. The van der Waals surface area contributed by atoms with E-state index in [1.165, 1.54) is 6.07 Å². The zero-order valence-electron chi connectivity index (χ0n) is 10.5. The molecule has 0 radical (unpaired) electrons. The minimum atomic E-state index is -0.329. The molecule has 0 bridgehead atoms. The summed E-state index contributed by atoms with van der Waals surface area (Å²) in [6.45, 7) is 1.94. The summed E-state index contributed by atoms with van der Waals surface area (Å²) in [5.41, 5.74) is 0.946. The van der Waals surface area contributed by atoms with Gasteiger partial charge in [0, 0.05) is 22.2 Å². The summed E-state index contributed by atoms with van der Waals surface area (Å²) in [4.78, 5) is 8.51. The lowest BCUT2D eigenvalue weighted by Crippen LogP contribution is -2.08. The van der Waals surface area contributed by atoms with Crippen molar-refractivity contribution in [3.05, 3.63) is 46.6 Å². The van der Waals surface area contributed by atoms with Crippen molar-refractivity contribution in [2.75, 3.05) is 6.61 Å². The molecule has 1 atom stereocenters. The van der Waals surface area contributed by atoms with Crippen molar-refractivity contribution in [2.24, 2.45) is 0 Å². The second-order valence-electron chi connectivity index (χ2n) is 4.21. The van der Waals surface area contributed by atoms with Crippen LogP contribution in [0.1, 0.15) is 25.1 Å². The molecule has 0 aliphatic heterocycles.